The van der Waals surface area contributed by atoms with Gasteiger partial charge in [0.25, 0.3) is 0 Å². The summed E-state index contributed by atoms with van der Waals surface area (Å²) in [6.45, 7) is 5.01. The van der Waals surface area contributed by atoms with E-state index in [1.807, 2.05) is 0 Å². The van der Waals surface area contributed by atoms with Crippen molar-refractivity contribution in [1.82, 2.24) is 4.57 Å². The maximum atomic E-state index is 2.80. The quantitative estimate of drug-likeness (QED) is 0.165. The van der Waals surface area contributed by atoms with Crippen LogP contribution in [0.5, 0.6) is 0 Å². The highest BCUT2D eigenvalue weighted by molar-refractivity contribution is 6.10. The molecule has 6 aromatic carbocycles. The summed E-state index contributed by atoms with van der Waals surface area (Å²) in [4.78, 5) is 2.80. The largest absolute Gasteiger partial charge is 0.362 e. The predicted octanol–water partition coefficient (Wildman–Crippen LogP) is 13.9. The molecule has 280 valence electrons. The molecule has 4 unspecified atom stereocenters. The summed E-state index contributed by atoms with van der Waals surface area (Å²) in [6.07, 6.45) is 18.8. The minimum absolute atomic E-state index is 0.177. The first-order valence-electron chi connectivity index (χ1n) is 21.3. The van der Waals surface area contributed by atoms with E-state index in [0.29, 0.717) is 23.9 Å². The van der Waals surface area contributed by atoms with Crippen LogP contribution in [0.3, 0.4) is 0 Å². The number of fused-ring (bicyclic) bond motifs is 7. The van der Waals surface area contributed by atoms with Gasteiger partial charge in [0.1, 0.15) is 0 Å². The molecular weight excluding hydrogens is 689 g/mol. The number of allylic oxidation sites excluding steroid dienone is 3. The highest BCUT2D eigenvalue weighted by Gasteiger charge is 2.49. The van der Waals surface area contributed by atoms with E-state index < -0.39 is 0 Å². The third kappa shape index (κ3) is 5.75. The van der Waals surface area contributed by atoms with Crippen LogP contribution in [0.4, 0.5) is 5.69 Å². The van der Waals surface area contributed by atoms with Crippen LogP contribution >= 0.6 is 0 Å². The van der Waals surface area contributed by atoms with Crippen LogP contribution in [-0.2, 0) is 11.8 Å². The van der Waals surface area contributed by atoms with Gasteiger partial charge in [-0.2, -0.15) is 0 Å². The molecule has 1 heterocycles. The lowest BCUT2D eigenvalue weighted by Gasteiger charge is -2.46. The van der Waals surface area contributed by atoms with Crippen LogP contribution in [0, 0.1) is 5.92 Å². The Balaban J connectivity index is 0.941. The molecule has 1 fully saturated rings. The molecule has 2 nitrogen and oxygen atoms in total. The van der Waals surface area contributed by atoms with E-state index in [-0.39, 0.29) is 5.41 Å². The molecular formula is C55H50N2. The first-order chi connectivity index (χ1) is 28.0. The molecule has 0 saturated heterocycles. The molecule has 4 aliphatic rings. The molecule has 0 bridgehead atoms. The van der Waals surface area contributed by atoms with Crippen LogP contribution < -0.4 is 4.90 Å². The summed E-state index contributed by atoms with van der Waals surface area (Å²) < 4.78 is 2.48. The van der Waals surface area contributed by atoms with Gasteiger partial charge in [-0.3, -0.25) is 0 Å². The van der Waals surface area contributed by atoms with Gasteiger partial charge in [0.05, 0.1) is 17.1 Å². The molecule has 0 aliphatic heterocycles. The Morgan fingerprint density at radius 2 is 1.47 bits per heavy atom. The van der Waals surface area contributed by atoms with Crippen molar-refractivity contribution in [2.45, 2.75) is 75.8 Å². The standard InChI is InChI=1S/C55H50N2/c1-55(2)51-21-10-8-19-47(51)48-32-31-46(36-52(48)55)56(43-27-23-38(24-28-43)37-13-4-3-5-14-37)44-29-25-39(26-30-44)40-17-12-18-45(33-40)57-53-22-11-9-20-49(53)50-34-41-15-6-7-16-42(41)35-54(50)57/h3-6,8-15,17-27,29-30,33-35,43,46,48,52H,7,16,28,31-32,36H2,1-2H3. The lowest BCUT2D eigenvalue weighted by Crippen LogP contribution is -2.47. The van der Waals surface area contributed by atoms with Gasteiger partial charge in [-0.1, -0.05) is 141 Å². The highest BCUT2D eigenvalue weighted by Crippen LogP contribution is 2.57. The fourth-order valence-corrected chi connectivity index (χ4v) is 11.3. The summed E-state index contributed by atoms with van der Waals surface area (Å²) in [5.41, 5.74) is 16.4. The number of hydrogen-bond acceptors (Lipinski definition) is 1. The first-order valence-corrected chi connectivity index (χ1v) is 21.3. The van der Waals surface area contributed by atoms with Gasteiger partial charge >= 0.3 is 0 Å². The Morgan fingerprint density at radius 1 is 0.667 bits per heavy atom. The van der Waals surface area contributed by atoms with E-state index in [0.717, 1.165) is 19.3 Å². The summed E-state index contributed by atoms with van der Waals surface area (Å²) in [5.74, 6) is 1.30. The molecule has 0 spiro atoms. The third-order valence-corrected chi connectivity index (χ3v) is 14.2. The van der Waals surface area contributed by atoms with Gasteiger partial charge in [0, 0.05) is 28.2 Å². The van der Waals surface area contributed by atoms with Crippen LogP contribution in [-0.4, -0.2) is 16.7 Å². The molecule has 2 heteroatoms. The smallest absolute Gasteiger partial charge is 0.0544 e. The Labute approximate surface area is 337 Å². The molecule has 1 saturated carbocycles. The van der Waals surface area contributed by atoms with Gasteiger partial charge in [-0.15, -0.1) is 0 Å². The molecule has 0 N–H and O–H groups in total. The van der Waals surface area contributed by atoms with E-state index in [9.17, 15) is 0 Å². The fourth-order valence-electron chi connectivity index (χ4n) is 11.3. The van der Waals surface area contributed by atoms with Crippen molar-refractivity contribution < 1.29 is 0 Å². The predicted molar refractivity (Wildman–Crippen MR) is 241 cm³/mol. The maximum absolute atomic E-state index is 2.80. The number of nitrogens with zero attached hydrogens (tertiary/aromatic N) is 2. The van der Waals surface area contributed by atoms with Crippen LogP contribution in [0.15, 0.2) is 164 Å². The van der Waals surface area contributed by atoms with Crippen molar-refractivity contribution in [3.05, 3.63) is 192 Å². The van der Waals surface area contributed by atoms with Crippen LogP contribution in [0.2, 0.25) is 0 Å². The Kier molecular flexibility index (Phi) is 8.24. The van der Waals surface area contributed by atoms with E-state index in [1.54, 1.807) is 11.1 Å². The summed E-state index contributed by atoms with van der Waals surface area (Å²) >= 11 is 0. The van der Waals surface area contributed by atoms with E-state index in [2.05, 4.69) is 193 Å². The second kappa shape index (κ2) is 13.7. The number of benzene rings is 6. The number of aromatic nitrogens is 1. The third-order valence-electron chi connectivity index (χ3n) is 14.2. The molecule has 0 radical (unpaired) electrons. The lowest BCUT2D eigenvalue weighted by molar-refractivity contribution is 0.205. The Hall–Kier alpha value is -5.86. The maximum Gasteiger partial charge on any atom is 0.0544 e. The monoisotopic (exact) mass is 738 g/mol. The average molecular weight is 739 g/mol. The SMILES string of the molecule is CC1(C)c2ccccc2C2CCC(N(c3ccc(-c4cccc(-n5c6ccccc6c6cc7c(cc65)CCC=C7)c4)cc3)C3C=CC(c4ccccc4)=CC3)CC21. The zero-order chi connectivity index (χ0) is 38.1. The number of anilines is 1. The zero-order valence-electron chi connectivity index (χ0n) is 33.1. The van der Waals surface area contributed by atoms with Gasteiger partial charge in [0.2, 0.25) is 0 Å². The molecule has 0 amide bonds. The second-order valence-corrected chi connectivity index (χ2v) is 17.5. The number of aryl methyl sites for hydroxylation is 1. The molecule has 1 aromatic heterocycles. The van der Waals surface area contributed by atoms with E-state index >= 15 is 0 Å². The molecule has 57 heavy (non-hydrogen) atoms. The molecule has 4 aliphatic carbocycles. The minimum Gasteiger partial charge on any atom is -0.362 e. The van der Waals surface area contributed by atoms with Crippen LogP contribution in [0.1, 0.15) is 79.7 Å². The summed E-state index contributed by atoms with van der Waals surface area (Å²) in [6, 6.07) is 53.4. The minimum atomic E-state index is 0.177. The van der Waals surface area contributed by atoms with Gasteiger partial charge < -0.3 is 9.47 Å². The first kappa shape index (κ1) is 34.4. The Bertz CT molecular complexity index is 2740. The normalized spacial score (nSPS) is 21.9. The topological polar surface area (TPSA) is 8.17 Å². The van der Waals surface area contributed by atoms with Crippen LogP contribution in [0.25, 0.3) is 50.3 Å². The summed E-state index contributed by atoms with van der Waals surface area (Å²) in [5, 5.41) is 2.64. The van der Waals surface area contributed by atoms with Gasteiger partial charge in [0.15, 0.2) is 0 Å². The number of para-hydroxylation sites is 1. The van der Waals surface area contributed by atoms with Crippen molar-refractivity contribution in [2.75, 3.05) is 4.90 Å². The molecule has 7 aromatic rings. The fraction of sp³-hybridized carbons (Fsp3) is 0.236. The van der Waals surface area contributed by atoms with Gasteiger partial charge in [-0.05, 0) is 143 Å². The molecule has 4 atom stereocenters. The highest BCUT2D eigenvalue weighted by atomic mass is 15.2. The number of rotatable bonds is 6. The van der Waals surface area contributed by atoms with E-state index in [1.165, 1.54) is 85.8 Å². The second-order valence-electron chi connectivity index (χ2n) is 17.5. The Morgan fingerprint density at radius 3 is 2.33 bits per heavy atom. The van der Waals surface area contributed by atoms with Crippen molar-refractivity contribution in [1.29, 1.82) is 0 Å². The van der Waals surface area contributed by atoms with Crippen molar-refractivity contribution in [2.24, 2.45) is 5.92 Å². The average Bonchev–Trinajstić information content (AvgIpc) is 3.71. The zero-order valence-corrected chi connectivity index (χ0v) is 33.1. The molecule has 11 rings (SSSR count). The van der Waals surface area contributed by atoms with Crippen molar-refractivity contribution in [3.8, 4) is 16.8 Å². The van der Waals surface area contributed by atoms with Gasteiger partial charge in [-0.25, -0.2) is 0 Å². The van der Waals surface area contributed by atoms with Crippen molar-refractivity contribution >= 4 is 39.1 Å². The van der Waals surface area contributed by atoms with Crippen molar-refractivity contribution in [3.63, 3.8) is 0 Å². The van der Waals surface area contributed by atoms with E-state index in [4.69, 9.17) is 0 Å². The lowest BCUT2D eigenvalue weighted by atomic mass is 9.68. The number of hydrogen-bond donors (Lipinski definition) is 0. The summed E-state index contributed by atoms with van der Waals surface area (Å²) in [7, 11) is 0.